The number of halogens is 1. The van der Waals surface area contributed by atoms with Crippen LogP contribution in [0, 0.1) is 11.8 Å². The van der Waals surface area contributed by atoms with Gasteiger partial charge in [-0.15, -0.1) is 0 Å². The average molecular weight is 185 g/mol. The van der Waals surface area contributed by atoms with Gasteiger partial charge in [-0.1, -0.05) is 6.92 Å². The standard InChI is InChI=1S/C10H16FNO/c1-7-3-2-4-12(6-7)10(13)8-5-9(8)11/h7-9H,2-6H2,1H3/t7-,8?,9?/m1/s1. The van der Waals surface area contributed by atoms with E-state index >= 15 is 0 Å². The van der Waals surface area contributed by atoms with E-state index in [1.165, 1.54) is 6.42 Å². The lowest BCUT2D eigenvalue weighted by Crippen LogP contribution is -2.40. The van der Waals surface area contributed by atoms with Gasteiger partial charge in [-0.25, -0.2) is 4.39 Å². The van der Waals surface area contributed by atoms with Crippen molar-refractivity contribution in [3.8, 4) is 0 Å². The number of amides is 1. The number of carbonyl (C=O) groups is 1. The molecule has 0 bridgehead atoms. The summed E-state index contributed by atoms with van der Waals surface area (Å²) in [5.41, 5.74) is 0. The normalized spacial score (nSPS) is 38.9. The van der Waals surface area contributed by atoms with E-state index in [-0.39, 0.29) is 11.8 Å². The molecule has 74 valence electrons. The van der Waals surface area contributed by atoms with E-state index in [1.54, 1.807) is 0 Å². The molecule has 1 aliphatic carbocycles. The molecule has 1 aliphatic heterocycles. The van der Waals surface area contributed by atoms with Gasteiger partial charge in [-0.2, -0.15) is 0 Å². The van der Waals surface area contributed by atoms with E-state index in [0.29, 0.717) is 12.3 Å². The Morgan fingerprint density at radius 3 is 2.77 bits per heavy atom. The Morgan fingerprint density at radius 2 is 2.23 bits per heavy atom. The van der Waals surface area contributed by atoms with Crippen LogP contribution in [-0.4, -0.2) is 30.1 Å². The highest BCUT2D eigenvalue weighted by Gasteiger charge is 2.45. The molecule has 1 saturated heterocycles. The van der Waals surface area contributed by atoms with Crippen LogP contribution in [0.15, 0.2) is 0 Å². The van der Waals surface area contributed by atoms with Gasteiger partial charge in [-0.3, -0.25) is 4.79 Å². The molecular weight excluding hydrogens is 169 g/mol. The Bertz CT molecular complexity index is 219. The first kappa shape index (κ1) is 8.97. The van der Waals surface area contributed by atoms with Gasteiger partial charge >= 0.3 is 0 Å². The summed E-state index contributed by atoms with van der Waals surface area (Å²) >= 11 is 0. The minimum atomic E-state index is -0.843. The van der Waals surface area contributed by atoms with Gasteiger partial charge < -0.3 is 4.90 Å². The van der Waals surface area contributed by atoms with Crippen LogP contribution in [0.3, 0.4) is 0 Å². The minimum absolute atomic E-state index is 0.0547. The zero-order chi connectivity index (χ0) is 9.42. The van der Waals surface area contributed by atoms with E-state index in [9.17, 15) is 9.18 Å². The number of alkyl halides is 1. The van der Waals surface area contributed by atoms with Gasteiger partial charge in [0.2, 0.25) is 5.91 Å². The van der Waals surface area contributed by atoms with E-state index in [1.807, 2.05) is 4.90 Å². The van der Waals surface area contributed by atoms with Crippen LogP contribution in [0.2, 0.25) is 0 Å². The molecule has 0 radical (unpaired) electrons. The minimum Gasteiger partial charge on any atom is -0.342 e. The van der Waals surface area contributed by atoms with Crippen LogP contribution in [0.1, 0.15) is 26.2 Å². The number of hydrogen-bond donors (Lipinski definition) is 0. The molecule has 1 amide bonds. The third-order valence-corrected chi connectivity index (χ3v) is 3.00. The fourth-order valence-corrected chi connectivity index (χ4v) is 2.04. The van der Waals surface area contributed by atoms with Crippen molar-refractivity contribution >= 4 is 5.91 Å². The first-order valence-corrected chi connectivity index (χ1v) is 5.11. The Hall–Kier alpha value is -0.600. The molecule has 2 aliphatic rings. The third kappa shape index (κ3) is 1.84. The van der Waals surface area contributed by atoms with Crippen molar-refractivity contribution in [3.05, 3.63) is 0 Å². The molecule has 13 heavy (non-hydrogen) atoms. The fourth-order valence-electron chi connectivity index (χ4n) is 2.04. The Balaban J connectivity index is 1.88. The number of nitrogens with zero attached hydrogens (tertiary/aromatic N) is 1. The first-order valence-electron chi connectivity index (χ1n) is 5.11. The SMILES string of the molecule is C[C@@H]1CCCN(C(=O)C2CC2F)C1. The fraction of sp³-hybridized carbons (Fsp3) is 0.900. The number of carbonyl (C=O) groups excluding carboxylic acids is 1. The molecule has 1 heterocycles. The van der Waals surface area contributed by atoms with Gasteiger partial charge in [0.15, 0.2) is 0 Å². The maximum atomic E-state index is 12.6. The van der Waals surface area contributed by atoms with Crippen molar-refractivity contribution in [3.63, 3.8) is 0 Å². The van der Waals surface area contributed by atoms with Crippen molar-refractivity contribution in [1.82, 2.24) is 4.90 Å². The first-order chi connectivity index (χ1) is 6.18. The van der Waals surface area contributed by atoms with Gasteiger partial charge in [0, 0.05) is 13.1 Å². The van der Waals surface area contributed by atoms with Crippen molar-refractivity contribution in [2.75, 3.05) is 13.1 Å². The second kappa shape index (κ2) is 3.28. The summed E-state index contributed by atoms with van der Waals surface area (Å²) in [6.45, 7) is 3.83. The van der Waals surface area contributed by atoms with Crippen molar-refractivity contribution in [2.24, 2.45) is 11.8 Å². The van der Waals surface area contributed by atoms with E-state index in [4.69, 9.17) is 0 Å². The average Bonchev–Trinajstić information content (AvgIpc) is 2.81. The smallest absolute Gasteiger partial charge is 0.228 e. The predicted molar refractivity (Wildman–Crippen MR) is 48.0 cm³/mol. The summed E-state index contributed by atoms with van der Waals surface area (Å²) in [4.78, 5) is 13.4. The number of likely N-dealkylation sites (tertiary alicyclic amines) is 1. The molecule has 3 heteroatoms. The Morgan fingerprint density at radius 1 is 1.54 bits per heavy atom. The highest BCUT2D eigenvalue weighted by Crippen LogP contribution is 2.36. The zero-order valence-corrected chi connectivity index (χ0v) is 8.00. The van der Waals surface area contributed by atoms with Gasteiger partial charge in [0.1, 0.15) is 6.17 Å². The van der Waals surface area contributed by atoms with Crippen LogP contribution >= 0.6 is 0 Å². The summed E-state index contributed by atoms with van der Waals surface area (Å²) in [6, 6.07) is 0. The van der Waals surface area contributed by atoms with Crippen LogP contribution in [-0.2, 0) is 4.79 Å². The molecular formula is C10H16FNO. The number of piperidine rings is 1. The van der Waals surface area contributed by atoms with Crippen molar-refractivity contribution in [2.45, 2.75) is 32.4 Å². The van der Waals surface area contributed by atoms with E-state index < -0.39 is 6.17 Å². The van der Waals surface area contributed by atoms with E-state index in [0.717, 1.165) is 19.5 Å². The summed E-state index contributed by atoms with van der Waals surface area (Å²) in [6.07, 6.45) is 1.90. The van der Waals surface area contributed by atoms with Crippen molar-refractivity contribution < 1.29 is 9.18 Å². The molecule has 1 saturated carbocycles. The second-order valence-corrected chi connectivity index (χ2v) is 4.39. The largest absolute Gasteiger partial charge is 0.342 e. The predicted octanol–water partition coefficient (Wildman–Crippen LogP) is 1.60. The van der Waals surface area contributed by atoms with Gasteiger partial charge in [-0.05, 0) is 25.2 Å². The molecule has 2 rings (SSSR count). The maximum Gasteiger partial charge on any atom is 0.228 e. The summed E-state index contributed by atoms with van der Waals surface area (Å²) < 4.78 is 12.6. The Kier molecular flexibility index (Phi) is 2.26. The lowest BCUT2D eigenvalue weighted by atomic mass is 10.00. The quantitative estimate of drug-likeness (QED) is 0.607. The van der Waals surface area contributed by atoms with Crippen molar-refractivity contribution in [1.29, 1.82) is 0 Å². The van der Waals surface area contributed by atoms with Gasteiger partial charge in [0.05, 0.1) is 5.92 Å². The monoisotopic (exact) mass is 185 g/mol. The molecule has 0 aromatic rings. The number of hydrogen-bond acceptors (Lipinski definition) is 1. The molecule has 0 spiro atoms. The topological polar surface area (TPSA) is 20.3 Å². The third-order valence-electron chi connectivity index (χ3n) is 3.00. The maximum absolute atomic E-state index is 12.6. The van der Waals surface area contributed by atoms with Crippen LogP contribution < -0.4 is 0 Å². The molecule has 0 aromatic heterocycles. The highest BCUT2D eigenvalue weighted by atomic mass is 19.1. The molecule has 3 atom stereocenters. The molecule has 0 N–H and O–H groups in total. The lowest BCUT2D eigenvalue weighted by molar-refractivity contribution is -0.134. The van der Waals surface area contributed by atoms with Crippen LogP contribution in [0.4, 0.5) is 4.39 Å². The van der Waals surface area contributed by atoms with Gasteiger partial charge in [0.25, 0.3) is 0 Å². The molecule has 2 unspecified atom stereocenters. The molecule has 2 fully saturated rings. The Labute approximate surface area is 78.1 Å². The summed E-state index contributed by atoms with van der Waals surface area (Å²) in [5.74, 6) is 0.360. The number of rotatable bonds is 1. The lowest BCUT2D eigenvalue weighted by Gasteiger charge is -2.31. The van der Waals surface area contributed by atoms with Crippen LogP contribution in [0.25, 0.3) is 0 Å². The zero-order valence-electron chi connectivity index (χ0n) is 8.00. The summed E-state index contributed by atoms with van der Waals surface area (Å²) in [5, 5.41) is 0. The molecule has 2 nitrogen and oxygen atoms in total. The van der Waals surface area contributed by atoms with E-state index in [2.05, 4.69) is 6.92 Å². The van der Waals surface area contributed by atoms with Crippen LogP contribution in [0.5, 0.6) is 0 Å². The highest BCUT2D eigenvalue weighted by molar-refractivity contribution is 5.82. The summed E-state index contributed by atoms with van der Waals surface area (Å²) in [7, 11) is 0. The second-order valence-electron chi connectivity index (χ2n) is 4.39. The molecule has 0 aromatic carbocycles.